The van der Waals surface area contributed by atoms with Gasteiger partial charge in [-0.2, -0.15) is 0 Å². The van der Waals surface area contributed by atoms with E-state index in [0.717, 1.165) is 58.0 Å². The Morgan fingerprint density at radius 2 is 0.877 bits per heavy atom. The van der Waals surface area contributed by atoms with Crippen LogP contribution in [0.4, 0.5) is 0 Å². The Kier molecular flexibility index (Phi) is 17.8. The Labute approximate surface area is 403 Å². The largest absolute Gasteiger partial charge is 0.381 e. The van der Waals surface area contributed by atoms with Crippen LogP contribution in [0.1, 0.15) is 196 Å². The molecule has 2 heterocycles. The van der Waals surface area contributed by atoms with Crippen molar-refractivity contribution >= 4 is 29.2 Å². The summed E-state index contributed by atoms with van der Waals surface area (Å²) < 4.78 is 61.9. The first-order valence-corrected chi connectivity index (χ1v) is 30.8. The SMILES string of the molecule is COC1CC(C2CC(OCC3CCC(NSC)CC3)CC(C(C)(C)C)C2OP2OC3CCCCC3C3CCCCC3O2)C(OP2OC3CCCCC3C3CCCCC3O2)C(C(C)(C)C)C1. The van der Waals surface area contributed by atoms with Crippen LogP contribution in [0.5, 0.6) is 0 Å². The fourth-order valence-electron chi connectivity index (χ4n) is 15.3. The van der Waals surface area contributed by atoms with Gasteiger partial charge in [0.25, 0.3) is 0 Å². The van der Waals surface area contributed by atoms with Crippen molar-refractivity contribution in [2.24, 2.45) is 64.1 Å². The van der Waals surface area contributed by atoms with Crippen molar-refractivity contribution in [1.82, 2.24) is 4.72 Å². The molecule has 1 N–H and O–H groups in total. The molecule has 9 rings (SSSR count). The van der Waals surface area contributed by atoms with Gasteiger partial charge in [0.1, 0.15) is 0 Å². The van der Waals surface area contributed by atoms with Gasteiger partial charge in [-0.15, -0.1) is 0 Å². The van der Waals surface area contributed by atoms with Crippen molar-refractivity contribution in [3.63, 3.8) is 0 Å². The lowest BCUT2D eigenvalue weighted by molar-refractivity contribution is -0.154. The van der Waals surface area contributed by atoms with Crippen molar-refractivity contribution in [1.29, 1.82) is 0 Å². The van der Waals surface area contributed by atoms with E-state index in [1.54, 1.807) is 11.9 Å². The highest BCUT2D eigenvalue weighted by atomic mass is 32.2. The number of hydrogen-bond donors (Lipinski definition) is 1. The van der Waals surface area contributed by atoms with Crippen LogP contribution in [0.25, 0.3) is 0 Å². The van der Waals surface area contributed by atoms with Gasteiger partial charge < -0.3 is 36.6 Å². The van der Waals surface area contributed by atoms with E-state index in [4.69, 9.17) is 36.6 Å². The summed E-state index contributed by atoms with van der Waals surface area (Å²) in [4.78, 5) is 0. The van der Waals surface area contributed by atoms with Crippen LogP contribution in [0.15, 0.2) is 0 Å². The molecule has 0 spiro atoms. The molecule has 12 heteroatoms. The minimum atomic E-state index is -1.54. The molecule has 374 valence electrons. The molecule has 65 heavy (non-hydrogen) atoms. The minimum absolute atomic E-state index is 0.0139. The van der Waals surface area contributed by atoms with Gasteiger partial charge in [-0.25, -0.2) is 0 Å². The summed E-state index contributed by atoms with van der Waals surface area (Å²) in [6.45, 7) is 15.5. The third-order valence-electron chi connectivity index (χ3n) is 19.0. The van der Waals surface area contributed by atoms with Crippen LogP contribution in [0.3, 0.4) is 0 Å². The maximum atomic E-state index is 7.78. The van der Waals surface area contributed by atoms with Crippen LogP contribution in [-0.4, -0.2) is 74.8 Å². The molecule has 0 aromatic rings. The maximum absolute atomic E-state index is 7.78. The first-order chi connectivity index (χ1) is 31.4. The lowest BCUT2D eigenvalue weighted by Crippen LogP contribution is -2.55. The van der Waals surface area contributed by atoms with Crippen molar-refractivity contribution in [3.8, 4) is 0 Å². The van der Waals surface area contributed by atoms with Crippen LogP contribution in [0.2, 0.25) is 0 Å². The van der Waals surface area contributed by atoms with Crippen LogP contribution < -0.4 is 4.72 Å². The van der Waals surface area contributed by atoms with E-state index in [0.29, 0.717) is 35.6 Å². The zero-order valence-electron chi connectivity index (χ0n) is 42.1. The molecule has 0 aromatic carbocycles. The van der Waals surface area contributed by atoms with Gasteiger partial charge in [0.05, 0.1) is 48.8 Å². The number of fused-ring (bicyclic) bond motifs is 6. The third-order valence-corrected chi connectivity index (χ3v) is 22.1. The molecule has 9 nitrogen and oxygen atoms in total. The van der Waals surface area contributed by atoms with E-state index in [2.05, 4.69) is 52.5 Å². The number of hydrogen-bond acceptors (Lipinski definition) is 10. The Hall–Kier alpha value is 0.850. The topological polar surface area (TPSA) is 85.9 Å². The average molecular weight is 966 g/mol. The zero-order valence-corrected chi connectivity index (χ0v) is 44.7. The molecular formula is C53H93NO8P2S. The van der Waals surface area contributed by atoms with Crippen molar-refractivity contribution in [3.05, 3.63) is 0 Å². The molecule has 0 amide bonds. The summed E-state index contributed by atoms with van der Waals surface area (Å²) in [6, 6.07) is 0.621. The smallest absolute Gasteiger partial charge is 0.333 e. The number of nitrogens with one attached hydrogen (secondary N) is 1. The monoisotopic (exact) mass is 966 g/mol. The Bertz CT molecular complexity index is 1430. The molecule has 9 aliphatic rings. The number of methoxy groups -OCH3 is 1. The summed E-state index contributed by atoms with van der Waals surface area (Å²) in [5, 5.41) is 0. The molecule has 2 saturated heterocycles. The highest BCUT2D eigenvalue weighted by molar-refractivity contribution is 7.96. The van der Waals surface area contributed by atoms with Gasteiger partial charge >= 0.3 is 17.2 Å². The minimum Gasteiger partial charge on any atom is -0.381 e. The first kappa shape index (κ1) is 50.8. The van der Waals surface area contributed by atoms with E-state index >= 15 is 0 Å². The highest BCUT2D eigenvalue weighted by Crippen LogP contribution is 2.63. The second-order valence-corrected chi connectivity index (χ2v) is 27.8. The Balaban J connectivity index is 1.05. The molecule has 7 saturated carbocycles. The fourth-order valence-corrected chi connectivity index (χ4v) is 19.1. The van der Waals surface area contributed by atoms with Crippen molar-refractivity contribution < 1.29 is 36.6 Å². The molecule has 0 aromatic heterocycles. The second-order valence-electron chi connectivity index (χ2n) is 25.0. The van der Waals surface area contributed by atoms with E-state index in [1.807, 2.05) is 7.11 Å². The highest BCUT2D eigenvalue weighted by Gasteiger charge is 2.57. The van der Waals surface area contributed by atoms with E-state index in [1.165, 1.54) is 103 Å². The van der Waals surface area contributed by atoms with Crippen molar-refractivity contribution in [2.75, 3.05) is 20.0 Å². The van der Waals surface area contributed by atoms with Gasteiger partial charge in [-0.1, -0.05) is 105 Å². The van der Waals surface area contributed by atoms with E-state index in [-0.39, 0.29) is 83.3 Å². The summed E-state index contributed by atoms with van der Waals surface area (Å²) in [5.74, 6) is 3.85. The van der Waals surface area contributed by atoms with Crippen LogP contribution >= 0.6 is 29.2 Å². The summed E-state index contributed by atoms with van der Waals surface area (Å²) in [6.07, 6.45) is 32.0. The normalized spacial score (nSPS) is 46.7. The lowest BCUT2D eigenvalue weighted by atomic mass is 9.57. The summed E-state index contributed by atoms with van der Waals surface area (Å²) >= 11 is 1.77. The van der Waals surface area contributed by atoms with Gasteiger partial charge in [-0.3, -0.25) is 4.72 Å². The quantitative estimate of drug-likeness (QED) is 0.160. The fraction of sp³-hybridized carbons (Fsp3) is 1.00. The first-order valence-electron chi connectivity index (χ1n) is 27.4. The average Bonchev–Trinajstić information content (AvgIpc) is 3.55. The van der Waals surface area contributed by atoms with Crippen LogP contribution in [0, 0.1) is 64.1 Å². The molecule has 0 radical (unpaired) electrons. The van der Waals surface area contributed by atoms with Gasteiger partial charge in [0, 0.05) is 19.8 Å². The molecular weight excluding hydrogens is 873 g/mol. The molecule has 2 aliphatic heterocycles. The van der Waals surface area contributed by atoms with Crippen molar-refractivity contribution in [2.45, 2.75) is 251 Å². The Morgan fingerprint density at radius 3 is 1.26 bits per heavy atom. The standard InChI is InChI=1S/C53H93NO8P2S/c1-52(2,3)44-31-36(55-7)29-42(50(44)61-63-57-46-21-13-9-17-38(46)39-18-10-14-22-47(39)58-63)43-30-37(56-33-34-25-27-35(28-26-34)54-65-8)32-45(53(4,5)6)51(43)62-64-59-48-23-15-11-19-40(48)41-20-12-16-24-49(41)60-64/h34-51,54H,9-33H2,1-8H3. The predicted molar refractivity (Wildman–Crippen MR) is 265 cm³/mol. The Morgan fingerprint density at radius 1 is 0.492 bits per heavy atom. The predicted octanol–water partition coefficient (Wildman–Crippen LogP) is 14.5. The lowest BCUT2D eigenvalue weighted by Gasteiger charge is -2.54. The number of ether oxygens (including phenoxy) is 2. The molecule has 16 atom stereocenters. The summed E-state index contributed by atoms with van der Waals surface area (Å²) in [5.41, 5.74) is -0.0346. The molecule has 16 unspecified atom stereocenters. The number of rotatable bonds is 11. The molecule has 7 aliphatic carbocycles. The van der Waals surface area contributed by atoms with Crippen LogP contribution in [-0.2, 0) is 36.6 Å². The van der Waals surface area contributed by atoms with E-state index in [9.17, 15) is 0 Å². The summed E-state index contributed by atoms with van der Waals surface area (Å²) in [7, 11) is -1.13. The molecule has 9 fully saturated rings. The van der Waals surface area contributed by atoms with Gasteiger partial charge in [0.2, 0.25) is 0 Å². The third kappa shape index (κ3) is 12.2. The maximum Gasteiger partial charge on any atom is 0.333 e. The molecule has 0 bridgehead atoms. The van der Waals surface area contributed by atoms with Gasteiger partial charge in [0.15, 0.2) is 0 Å². The van der Waals surface area contributed by atoms with Gasteiger partial charge in [-0.05, 0) is 173 Å². The zero-order chi connectivity index (χ0) is 45.3. The second kappa shape index (κ2) is 22.7. The van der Waals surface area contributed by atoms with E-state index < -0.39 is 17.2 Å².